The van der Waals surface area contributed by atoms with Gasteiger partial charge in [-0.1, -0.05) is 31.4 Å². The molecule has 0 aliphatic carbocycles. The third kappa shape index (κ3) is 8.60. The molecule has 0 radical (unpaired) electrons. The van der Waals surface area contributed by atoms with E-state index in [0.717, 1.165) is 19.3 Å². The van der Waals surface area contributed by atoms with Crippen molar-refractivity contribution in [1.29, 1.82) is 0 Å². The molecule has 0 amide bonds. The summed E-state index contributed by atoms with van der Waals surface area (Å²) < 4.78 is -1.28. The lowest BCUT2D eigenvalue weighted by atomic mass is 10.2. The van der Waals surface area contributed by atoms with Gasteiger partial charge in [0.15, 0.2) is 4.39 Å². The van der Waals surface area contributed by atoms with E-state index in [4.69, 9.17) is 16.7 Å². The van der Waals surface area contributed by atoms with Crippen molar-refractivity contribution in [2.24, 2.45) is 0 Å². The monoisotopic (exact) mass is 168 g/mol. The topological polar surface area (TPSA) is 20.2 Å². The van der Waals surface area contributed by atoms with E-state index in [0.29, 0.717) is 6.42 Å². The van der Waals surface area contributed by atoms with Gasteiger partial charge < -0.3 is 5.11 Å². The lowest BCUT2D eigenvalue weighted by molar-refractivity contribution is 0.210. The fraction of sp³-hybridized carbons (Fsp3) is 1.00. The van der Waals surface area contributed by atoms with E-state index < -0.39 is 4.39 Å². The van der Waals surface area contributed by atoms with Crippen molar-refractivity contribution in [1.82, 2.24) is 0 Å². The minimum Gasteiger partial charge on any atom is -0.366 e. The molecule has 0 aliphatic heterocycles. The highest BCUT2D eigenvalue weighted by Gasteiger charge is 2.14. The molecule has 1 N–H and O–H groups in total. The number of alkyl halides is 1. The largest absolute Gasteiger partial charge is 0.366 e. The molecule has 9 heavy (non-hydrogen) atoms. The Morgan fingerprint density at radius 3 is 2.44 bits per heavy atom. The van der Waals surface area contributed by atoms with E-state index in [1.165, 1.54) is 0 Å². The summed E-state index contributed by atoms with van der Waals surface area (Å²) in [6.07, 6.45) is 3.75. The SMILES string of the molecule is CCCCCC(O)(S)Cl. The third-order valence-corrected chi connectivity index (χ3v) is 1.51. The molecule has 0 rings (SSSR count). The normalized spacial score (nSPS) is 17.3. The summed E-state index contributed by atoms with van der Waals surface area (Å²) in [5.74, 6) is 0. The Morgan fingerprint density at radius 2 is 2.11 bits per heavy atom. The molecule has 0 aromatic heterocycles. The Bertz CT molecular complexity index is 69.9. The molecule has 0 heterocycles. The predicted octanol–water partition coefficient (Wildman–Crippen LogP) is 2.38. The second kappa shape index (κ2) is 4.42. The molecule has 1 unspecified atom stereocenters. The maximum absolute atomic E-state index is 8.87. The van der Waals surface area contributed by atoms with Crippen LogP contribution in [0.5, 0.6) is 0 Å². The quantitative estimate of drug-likeness (QED) is 0.286. The first-order chi connectivity index (χ1) is 4.06. The molecule has 0 bridgehead atoms. The van der Waals surface area contributed by atoms with E-state index in [2.05, 4.69) is 19.6 Å². The smallest absolute Gasteiger partial charge is 0.183 e. The maximum atomic E-state index is 8.87. The number of aliphatic hydroxyl groups is 1. The van der Waals surface area contributed by atoms with Gasteiger partial charge in [-0.05, 0) is 6.42 Å². The van der Waals surface area contributed by atoms with Crippen LogP contribution in [0, 0.1) is 0 Å². The Kier molecular flexibility index (Phi) is 4.72. The van der Waals surface area contributed by atoms with Crippen LogP contribution in [0.1, 0.15) is 32.6 Å². The zero-order chi connectivity index (χ0) is 7.33. The molecule has 0 aromatic carbocycles. The lowest BCUT2D eigenvalue weighted by Gasteiger charge is -2.11. The van der Waals surface area contributed by atoms with Gasteiger partial charge in [0.1, 0.15) is 0 Å². The van der Waals surface area contributed by atoms with Crippen LogP contribution in [-0.2, 0) is 0 Å². The summed E-state index contributed by atoms with van der Waals surface area (Å²) >= 11 is 9.14. The van der Waals surface area contributed by atoms with Gasteiger partial charge in [0.25, 0.3) is 0 Å². The summed E-state index contributed by atoms with van der Waals surface area (Å²) in [6.45, 7) is 2.10. The molecule has 0 aliphatic rings. The molecule has 1 atom stereocenters. The molecule has 3 heteroatoms. The van der Waals surface area contributed by atoms with Gasteiger partial charge in [-0.2, -0.15) is 0 Å². The second-order valence-corrected chi connectivity index (χ2v) is 3.80. The fourth-order valence-electron chi connectivity index (χ4n) is 0.600. The number of hydrogen-bond donors (Lipinski definition) is 2. The highest BCUT2D eigenvalue weighted by Crippen LogP contribution is 2.22. The van der Waals surface area contributed by atoms with Gasteiger partial charge in [0, 0.05) is 6.42 Å². The minimum absolute atomic E-state index is 0.561. The Morgan fingerprint density at radius 1 is 1.56 bits per heavy atom. The van der Waals surface area contributed by atoms with Crippen LogP contribution in [0.25, 0.3) is 0 Å². The molecular formula is C6H13ClOS. The van der Waals surface area contributed by atoms with Crippen molar-refractivity contribution in [3.05, 3.63) is 0 Å². The number of halogens is 1. The van der Waals surface area contributed by atoms with Gasteiger partial charge in [-0.15, -0.1) is 12.6 Å². The molecule has 0 aromatic rings. The van der Waals surface area contributed by atoms with E-state index in [9.17, 15) is 0 Å². The summed E-state index contributed by atoms with van der Waals surface area (Å²) in [7, 11) is 0. The molecule has 1 nitrogen and oxygen atoms in total. The van der Waals surface area contributed by atoms with E-state index >= 15 is 0 Å². The summed E-state index contributed by atoms with van der Waals surface area (Å²) in [4.78, 5) is 0. The predicted molar refractivity (Wildman–Crippen MR) is 43.9 cm³/mol. The summed E-state index contributed by atoms with van der Waals surface area (Å²) in [5, 5.41) is 8.87. The Labute approximate surface area is 66.8 Å². The summed E-state index contributed by atoms with van der Waals surface area (Å²) in [6, 6.07) is 0. The number of unbranched alkanes of at least 4 members (excludes halogenated alkanes) is 2. The molecule has 56 valence electrons. The maximum Gasteiger partial charge on any atom is 0.183 e. The fourth-order valence-corrected chi connectivity index (χ4v) is 0.892. The van der Waals surface area contributed by atoms with Crippen molar-refractivity contribution >= 4 is 24.2 Å². The Hall–Kier alpha value is 0.600. The van der Waals surface area contributed by atoms with E-state index in [1.54, 1.807) is 0 Å². The van der Waals surface area contributed by atoms with Crippen LogP contribution in [0.3, 0.4) is 0 Å². The van der Waals surface area contributed by atoms with Crippen molar-refractivity contribution in [2.75, 3.05) is 0 Å². The molecule has 0 fully saturated rings. The first kappa shape index (κ1) is 9.60. The van der Waals surface area contributed by atoms with Gasteiger partial charge in [0.05, 0.1) is 0 Å². The van der Waals surface area contributed by atoms with Gasteiger partial charge in [-0.3, -0.25) is 0 Å². The van der Waals surface area contributed by atoms with Gasteiger partial charge in [0.2, 0.25) is 0 Å². The van der Waals surface area contributed by atoms with Crippen molar-refractivity contribution in [2.45, 2.75) is 37.0 Å². The second-order valence-electron chi connectivity index (χ2n) is 2.18. The van der Waals surface area contributed by atoms with Gasteiger partial charge in [-0.25, -0.2) is 0 Å². The highest BCUT2D eigenvalue weighted by atomic mass is 35.5. The van der Waals surface area contributed by atoms with E-state index in [-0.39, 0.29) is 0 Å². The zero-order valence-electron chi connectivity index (χ0n) is 5.60. The van der Waals surface area contributed by atoms with Gasteiger partial charge >= 0.3 is 0 Å². The molecule has 0 saturated carbocycles. The van der Waals surface area contributed by atoms with Crippen LogP contribution >= 0.6 is 24.2 Å². The Balaban J connectivity index is 3.07. The van der Waals surface area contributed by atoms with Crippen LogP contribution in [0.2, 0.25) is 0 Å². The zero-order valence-corrected chi connectivity index (χ0v) is 7.25. The van der Waals surface area contributed by atoms with Crippen molar-refractivity contribution in [3.63, 3.8) is 0 Å². The van der Waals surface area contributed by atoms with Crippen LogP contribution in [-0.4, -0.2) is 9.50 Å². The minimum atomic E-state index is -1.28. The van der Waals surface area contributed by atoms with Crippen molar-refractivity contribution < 1.29 is 5.11 Å². The first-order valence-corrected chi connectivity index (χ1v) is 4.02. The van der Waals surface area contributed by atoms with Crippen LogP contribution in [0.15, 0.2) is 0 Å². The number of thiol groups is 1. The molecular weight excluding hydrogens is 156 g/mol. The van der Waals surface area contributed by atoms with Crippen molar-refractivity contribution in [3.8, 4) is 0 Å². The van der Waals surface area contributed by atoms with Crippen LogP contribution in [0.4, 0.5) is 0 Å². The average Bonchev–Trinajstić information content (AvgIpc) is 1.63. The summed E-state index contributed by atoms with van der Waals surface area (Å²) in [5.41, 5.74) is 0. The molecule has 0 saturated heterocycles. The number of rotatable bonds is 4. The first-order valence-electron chi connectivity index (χ1n) is 3.20. The third-order valence-electron chi connectivity index (χ3n) is 1.10. The highest BCUT2D eigenvalue weighted by molar-refractivity contribution is 7.83. The van der Waals surface area contributed by atoms with E-state index in [1.807, 2.05) is 0 Å². The van der Waals surface area contributed by atoms with Crippen LogP contribution < -0.4 is 0 Å². The standard InChI is InChI=1S/C6H13ClOS/c1-2-3-4-5-6(7,8)9/h8-9H,2-5H2,1H3. The average molecular weight is 169 g/mol. The number of hydrogen-bond acceptors (Lipinski definition) is 2. The lowest BCUT2D eigenvalue weighted by Crippen LogP contribution is -2.09. The molecule has 0 spiro atoms.